The molecule has 0 atom stereocenters. The van der Waals surface area contributed by atoms with Crippen molar-refractivity contribution < 1.29 is 13.9 Å². The van der Waals surface area contributed by atoms with E-state index in [-0.39, 0.29) is 11.6 Å². The van der Waals surface area contributed by atoms with Gasteiger partial charge in [-0.15, -0.1) is 0 Å². The molecule has 0 N–H and O–H groups in total. The number of rotatable bonds is 5. The van der Waals surface area contributed by atoms with Gasteiger partial charge in [-0.3, -0.25) is 9.69 Å². The quantitative estimate of drug-likeness (QED) is 0.618. The van der Waals surface area contributed by atoms with E-state index in [0.29, 0.717) is 39.6 Å². The van der Waals surface area contributed by atoms with Crippen LogP contribution in [0.25, 0.3) is 6.08 Å². The van der Waals surface area contributed by atoms with Crippen molar-refractivity contribution in [2.24, 2.45) is 4.99 Å². The maximum atomic E-state index is 13.9. The molecule has 1 saturated heterocycles. The van der Waals surface area contributed by atoms with Crippen LogP contribution in [-0.4, -0.2) is 29.1 Å². The summed E-state index contributed by atoms with van der Waals surface area (Å²) < 4.78 is 19.5. The molecule has 0 saturated carbocycles. The number of carbonyl (C=O) groups is 1. The molecule has 0 bridgehead atoms. The summed E-state index contributed by atoms with van der Waals surface area (Å²) in [6.07, 6.45) is 1.73. The third kappa shape index (κ3) is 4.34. The minimum absolute atomic E-state index is 0.181. The van der Waals surface area contributed by atoms with Gasteiger partial charge in [-0.2, -0.15) is 0 Å². The van der Waals surface area contributed by atoms with Gasteiger partial charge in [0.25, 0.3) is 5.91 Å². The number of halogens is 2. The molecular weight excluding hydrogens is 387 g/mol. The Morgan fingerprint density at radius 3 is 2.74 bits per heavy atom. The van der Waals surface area contributed by atoms with Crippen LogP contribution in [0, 0.1) is 5.82 Å². The molecule has 140 valence electrons. The van der Waals surface area contributed by atoms with E-state index >= 15 is 0 Å². The molecule has 1 heterocycles. The molecular formula is C20H18ClFN2O2S. The molecule has 0 unspecified atom stereocenters. The number of nitrogens with zero attached hydrogens (tertiary/aromatic N) is 2. The van der Waals surface area contributed by atoms with Gasteiger partial charge in [0.1, 0.15) is 17.3 Å². The molecule has 1 aliphatic rings. The minimum Gasteiger partial charge on any atom is -0.493 e. The van der Waals surface area contributed by atoms with Crippen molar-refractivity contribution in [1.29, 1.82) is 0 Å². The number of amides is 1. The Kier molecular flexibility index (Phi) is 6.19. The van der Waals surface area contributed by atoms with E-state index < -0.39 is 5.82 Å². The van der Waals surface area contributed by atoms with Gasteiger partial charge in [0.15, 0.2) is 5.17 Å². The zero-order chi connectivity index (χ0) is 19.4. The van der Waals surface area contributed by atoms with E-state index in [4.69, 9.17) is 16.3 Å². The van der Waals surface area contributed by atoms with Gasteiger partial charge in [-0.05, 0) is 62.0 Å². The van der Waals surface area contributed by atoms with Crippen LogP contribution in [0.1, 0.15) is 19.4 Å². The molecule has 27 heavy (non-hydrogen) atoms. The summed E-state index contributed by atoms with van der Waals surface area (Å²) in [7, 11) is 0. The minimum atomic E-state index is -0.431. The highest BCUT2D eigenvalue weighted by molar-refractivity contribution is 8.18. The predicted octanol–water partition coefficient (Wildman–Crippen LogP) is 5.50. The standard InChI is InChI=1S/C20H18ClFN2O2S/c1-3-24-19(25)18(12-13-11-14(21)9-10-17(13)26-4-2)27-20(24)23-16-8-6-5-7-15(16)22/h5-12H,3-4H2,1-2H3/b18-12+,23-20?. The third-order valence-electron chi connectivity index (χ3n) is 3.83. The highest BCUT2D eigenvalue weighted by atomic mass is 35.5. The number of hydrogen-bond acceptors (Lipinski definition) is 4. The summed E-state index contributed by atoms with van der Waals surface area (Å²) in [5, 5.41) is 0.993. The largest absolute Gasteiger partial charge is 0.493 e. The summed E-state index contributed by atoms with van der Waals surface area (Å²) in [5.41, 5.74) is 0.911. The highest BCUT2D eigenvalue weighted by Crippen LogP contribution is 2.36. The van der Waals surface area contributed by atoms with Crippen molar-refractivity contribution in [3.63, 3.8) is 0 Å². The maximum absolute atomic E-state index is 13.9. The number of thioether (sulfide) groups is 1. The number of aliphatic imine (C=N–C) groups is 1. The number of likely N-dealkylation sites (N-methyl/N-ethyl adjacent to an activating group) is 1. The van der Waals surface area contributed by atoms with E-state index in [2.05, 4.69) is 4.99 Å². The second-order valence-electron chi connectivity index (χ2n) is 5.62. The average Bonchev–Trinajstić information content (AvgIpc) is 2.94. The van der Waals surface area contributed by atoms with Crippen molar-refractivity contribution in [2.75, 3.05) is 13.2 Å². The number of ether oxygens (including phenoxy) is 1. The SMILES string of the molecule is CCOc1ccc(Cl)cc1/C=C1/SC(=Nc2ccccc2F)N(CC)C1=O. The van der Waals surface area contributed by atoms with Crippen molar-refractivity contribution in [3.05, 3.63) is 63.8 Å². The Balaban J connectivity index is 1.99. The van der Waals surface area contributed by atoms with Gasteiger partial charge in [-0.25, -0.2) is 9.38 Å². The van der Waals surface area contributed by atoms with E-state index in [1.54, 1.807) is 42.5 Å². The Bertz CT molecular complexity index is 930. The van der Waals surface area contributed by atoms with E-state index in [0.717, 1.165) is 0 Å². The second-order valence-corrected chi connectivity index (χ2v) is 7.07. The molecule has 7 heteroatoms. The fourth-order valence-electron chi connectivity index (χ4n) is 2.58. The van der Waals surface area contributed by atoms with Crippen LogP contribution in [0.4, 0.5) is 10.1 Å². The summed E-state index contributed by atoms with van der Waals surface area (Å²) in [4.78, 5) is 19.1. The molecule has 4 nitrogen and oxygen atoms in total. The first kappa shape index (κ1) is 19.5. The number of para-hydroxylation sites is 1. The molecule has 2 aromatic carbocycles. The number of hydrogen-bond donors (Lipinski definition) is 0. The van der Waals surface area contributed by atoms with Crippen molar-refractivity contribution in [1.82, 2.24) is 4.90 Å². The molecule has 0 aromatic heterocycles. The van der Waals surface area contributed by atoms with E-state index in [1.807, 2.05) is 13.8 Å². The van der Waals surface area contributed by atoms with Gasteiger partial charge in [0.05, 0.1) is 11.5 Å². The van der Waals surface area contributed by atoms with Gasteiger partial charge in [-0.1, -0.05) is 23.7 Å². The average molecular weight is 405 g/mol. The molecule has 1 aliphatic heterocycles. The summed E-state index contributed by atoms with van der Waals surface area (Å²) in [6.45, 7) is 4.67. The summed E-state index contributed by atoms with van der Waals surface area (Å²) in [6, 6.07) is 11.5. The first-order valence-corrected chi connectivity index (χ1v) is 9.70. The molecule has 0 radical (unpaired) electrons. The predicted molar refractivity (Wildman–Crippen MR) is 109 cm³/mol. The topological polar surface area (TPSA) is 41.9 Å². The van der Waals surface area contributed by atoms with Crippen LogP contribution in [0.3, 0.4) is 0 Å². The molecule has 2 aromatic rings. The normalized spacial score (nSPS) is 17.2. The first-order chi connectivity index (χ1) is 13.0. The third-order valence-corrected chi connectivity index (χ3v) is 5.07. The van der Waals surface area contributed by atoms with Crippen LogP contribution in [0.15, 0.2) is 52.4 Å². The number of benzene rings is 2. The van der Waals surface area contributed by atoms with Crippen LogP contribution < -0.4 is 4.74 Å². The van der Waals surface area contributed by atoms with Crippen molar-refractivity contribution in [2.45, 2.75) is 13.8 Å². The second kappa shape index (κ2) is 8.59. The van der Waals surface area contributed by atoms with Crippen LogP contribution in [0.2, 0.25) is 5.02 Å². The number of amidine groups is 1. The summed E-state index contributed by atoms with van der Waals surface area (Å²) >= 11 is 7.30. The summed E-state index contributed by atoms with van der Waals surface area (Å²) in [5.74, 6) is 0.0327. The lowest BCUT2D eigenvalue weighted by Crippen LogP contribution is -2.28. The zero-order valence-corrected chi connectivity index (χ0v) is 16.5. The van der Waals surface area contributed by atoms with Crippen molar-refractivity contribution in [3.8, 4) is 5.75 Å². The molecule has 0 aliphatic carbocycles. The lowest BCUT2D eigenvalue weighted by molar-refractivity contribution is -0.122. The molecule has 3 rings (SSSR count). The van der Waals surface area contributed by atoms with Crippen LogP contribution >= 0.6 is 23.4 Å². The van der Waals surface area contributed by atoms with Gasteiger partial charge >= 0.3 is 0 Å². The highest BCUT2D eigenvalue weighted by Gasteiger charge is 2.32. The van der Waals surface area contributed by atoms with Crippen LogP contribution in [-0.2, 0) is 4.79 Å². The molecule has 1 amide bonds. The first-order valence-electron chi connectivity index (χ1n) is 8.50. The fraction of sp³-hybridized carbons (Fsp3) is 0.200. The smallest absolute Gasteiger partial charge is 0.266 e. The Morgan fingerprint density at radius 2 is 2.04 bits per heavy atom. The molecule has 1 fully saturated rings. The van der Waals surface area contributed by atoms with Crippen LogP contribution in [0.5, 0.6) is 5.75 Å². The lowest BCUT2D eigenvalue weighted by Gasteiger charge is -2.12. The van der Waals surface area contributed by atoms with E-state index in [1.165, 1.54) is 22.7 Å². The van der Waals surface area contributed by atoms with Crippen molar-refractivity contribution >= 4 is 46.2 Å². The van der Waals surface area contributed by atoms with Gasteiger partial charge in [0, 0.05) is 17.1 Å². The van der Waals surface area contributed by atoms with Gasteiger partial charge < -0.3 is 4.74 Å². The zero-order valence-electron chi connectivity index (χ0n) is 14.9. The van der Waals surface area contributed by atoms with Gasteiger partial charge in [0.2, 0.25) is 0 Å². The molecule has 0 spiro atoms. The lowest BCUT2D eigenvalue weighted by atomic mass is 10.2. The maximum Gasteiger partial charge on any atom is 0.266 e. The Hall–Kier alpha value is -2.31. The Labute approximate surface area is 166 Å². The number of carbonyl (C=O) groups excluding carboxylic acids is 1. The Morgan fingerprint density at radius 1 is 1.26 bits per heavy atom. The fourth-order valence-corrected chi connectivity index (χ4v) is 3.80. The van der Waals surface area contributed by atoms with E-state index in [9.17, 15) is 9.18 Å². The monoisotopic (exact) mass is 404 g/mol.